The number of aliphatic hydroxyl groups excluding tert-OH is 1. The number of hydrogen-bond acceptors (Lipinski definition) is 3. The zero-order chi connectivity index (χ0) is 21.8. The Kier molecular flexibility index (Phi) is 5.39. The Bertz CT molecular complexity index is 967. The van der Waals surface area contributed by atoms with Crippen molar-refractivity contribution >= 4 is 17.5 Å². The number of carbonyl (C=O) groups excluding carboxylic acids is 1. The van der Waals surface area contributed by atoms with Gasteiger partial charge in [0.25, 0.3) is 0 Å². The van der Waals surface area contributed by atoms with Gasteiger partial charge in [0, 0.05) is 17.2 Å². The van der Waals surface area contributed by atoms with Gasteiger partial charge in [0.2, 0.25) is 0 Å². The fourth-order valence-corrected chi connectivity index (χ4v) is 8.23. The third-order valence-corrected chi connectivity index (χ3v) is 10.0. The molecule has 4 aliphatic rings. The number of aliphatic hydroxyl groups is 1. The van der Waals surface area contributed by atoms with Crippen molar-refractivity contribution in [3.8, 4) is 11.2 Å². The molecule has 4 aliphatic carbocycles. The summed E-state index contributed by atoms with van der Waals surface area (Å²) in [5.41, 5.74) is 2.71. The molecule has 0 aromatic heterocycles. The lowest BCUT2D eigenvalue weighted by molar-refractivity contribution is -0.119. The van der Waals surface area contributed by atoms with E-state index >= 15 is 0 Å². The second-order valence-electron chi connectivity index (χ2n) is 11.0. The molecule has 0 aliphatic heterocycles. The van der Waals surface area contributed by atoms with Crippen molar-refractivity contribution in [2.45, 2.75) is 76.7 Å². The van der Waals surface area contributed by atoms with Crippen LogP contribution in [0.2, 0.25) is 0 Å². The van der Waals surface area contributed by atoms with E-state index in [2.05, 4.69) is 56.2 Å². The zero-order valence-corrected chi connectivity index (χ0v) is 19.8. The Balaban J connectivity index is 1.50. The van der Waals surface area contributed by atoms with Crippen LogP contribution in [-0.2, 0) is 4.79 Å². The van der Waals surface area contributed by atoms with Crippen molar-refractivity contribution in [3.63, 3.8) is 0 Å². The van der Waals surface area contributed by atoms with Crippen LogP contribution in [-0.4, -0.2) is 17.0 Å². The lowest BCUT2D eigenvalue weighted by Gasteiger charge is -2.59. The molecule has 7 unspecified atom stereocenters. The topological polar surface area (TPSA) is 37.3 Å². The van der Waals surface area contributed by atoms with Gasteiger partial charge >= 0.3 is 0 Å². The van der Waals surface area contributed by atoms with E-state index in [4.69, 9.17) is 0 Å². The van der Waals surface area contributed by atoms with Crippen LogP contribution in [0.4, 0.5) is 0 Å². The molecule has 3 fully saturated rings. The summed E-state index contributed by atoms with van der Waals surface area (Å²) in [6.45, 7) is 6.85. The molecular weight excluding hydrogens is 400 g/mol. The molecule has 0 radical (unpaired) electrons. The molecule has 2 nitrogen and oxygen atoms in total. The number of carbonyl (C=O) groups is 1. The summed E-state index contributed by atoms with van der Waals surface area (Å²) in [7, 11) is 0. The van der Waals surface area contributed by atoms with Crippen LogP contribution in [0.5, 0.6) is 0 Å². The van der Waals surface area contributed by atoms with E-state index in [1.165, 1.54) is 16.0 Å². The molecule has 1 aromatic rings. The van der Waals surface area contributed by atoms with Gasteiger partial charge in [-0.1, -0.05) is 43.0 Å². The molecular formula is C28H34O2S. The van der Waals surface area contributed by atoms with E-state index < -0.39 is 0 Å². The molecule has 0 amide bonds. The Labute approximate surface area is 191 Å². The summed E-state index contributed by atoms with van der Waals surface area (Å²) in [4.78, 5) is 13.4. The van der Waals surface area contributed by atoms with Gasteiger partial charge in [-0.15, -0.1) is 0 Å². The fourth-order valence-electron chi connectivity index (χ4n) is 7.63. The van der Waals surface area contributed by atoms with Crippen LogP contribution >= 0.6 is 11.8 Å². The van der Waals surface area contributed by atoms with Gasteiger partial charge in [-0.3, -0.25) is 4.79 Å². The quantitative estimate of drug-likeness (QED) is 0.424. The van der Waals surface area contributed by atoms with Crippen molar-refractivity contribution in [2.24, 2.45) is 34.5 Å². The predicted octanol–water partition coefficient (Wildman–Crippen LogP) is 6.17. The number of hydrogen-bond donors (Lipinski definition) is 1. The molecule has 164 valence electrons. The Morgan fingerprint density at radius 1 is 1.10 bits per heavy atom. The second kappa shape index (κ2) is 7.82. The monoisotopic (exact) mass is 434 g/mol. The average Bonchev–Trinajstić information content (AvgIpc) is 3.04. The first-order chi connectivity index (χ1) is 14.8. The van der Waals surface area contributed by atoms with Crippen molar-refractivity contribution in [2.75, 3.05) is 0 Å². The summed E-state index contributed by atoms with van der Waals surface area (Å²) in [6.07, 6.45) is 8.66. The van der Waals surface area contributed by atoms with Gasteiger partial charge in [-0.2, -0.15) is 0 Å². The van der Waals surface area contributed by atoms with Crippen molar-refractivity contribution in [1.82, 2.24) is 0 Å². The second-order valence-corrected chi connectivity index (χ2v) is 11.8. The van der Waals surface area contributed by atoms with Crippen LogP contribution < -0.4 is 0 Å². The first kappa shape index (κ1) is 21.4. The minimum absolute atomic E-state index is 0.0168. The normalized spacial score (nSPS) is 41.4. The Morgan fingerprint density at radius 3 is 2.65 bits per heavy atom. The molecule has 5 rings (SSSR count). The molecule has 0 saturated heterocycles. The Morgan fingerprint density at radius 2 is 1.87 bits per heavy atom. The number of fused-ring (bicyclic) bond motifs is 5. The van der Waals surface area contributed by atoms with E-state index in [0.29, 0.717) is 30.0 Å². The minimum Gasteiger partial charge on any atom is -0.393 e. The summed E-state index contributed by atoms with van der Waals surface area (Å²) < 4.78 is 0. The van der Waals surface area contributed by atoms with Crippen LogP contribution in [0.1, 0.15) is 64.4 Å². The molecule has 0 spiro atoms. The minimum atomic E-state index is -0.204. The number of allylic oxidation sites excluding steroid dienone is 1. The maximum atomic E-state index is 12.2. The molecule has 0 bridgehead atoms. The molecule has 1 aromatic carbocycles. The molecule has 7 atom stereocenters. The van der Waals surface area contributed by atoms with Gasteiger partial charge in [-0.25, -0.2) is 0 Å². The van der Waals surface area contributed by atoms with E-state index in [0.717, 1.165) is 38.5 Å². The number of rotatable bonds is 1. The number of aryl methyl sites for hydroxylation is 1. The third-order valence-electron chi connectivity index (χ3n) is 9.31. The maximum Gasteiger partial charge on any atom is 0.155 e. The Hall–Kier alpha value is -1.50. The van der Waals surface area contributed by atoms with E-state index in [-0.39, 0.29) is 22.9 Å². The lowest BCUT2D eigenvalue weighted by Crippen LogP contribution is -2.54. The highest BCUT2D eigenvalue weighted by molar-refractivity contribution is 8.03. The summed E-state index contributed by atoms with van der Waals surface area (Å²) >= 11 is 1.62. The first-order valence-corrected chi connectivity index (χ1v) is 12.8. The van der Waals surface area contributed by atoms with Crippen molar-refractivity contribution in [1.29, 1.82) is 0 Å². The number of ketones is 1. The molecule has 1 N–H and O–H groups in total. The zero-order valence-electron chi connectivity index (χ0n) is 19.0. The van der Waals surface area contributed by atoms with E-state index in [1.807, 2.05) is 6.08 Å². The van der Waals surface area contributed by atoms with E-state index in [1.54, 1.807) is 11.8 Å². The van der Waals surface area contributed by atoms with Crippen LogP contribution in [0.25, 0.3) is 0 Å². The van der Waals surface area contributed by atoms with Gasteiger partial charge in [0.1, 0.15) is 0 Å². The molecule has 0 heterocycles. The maximum absolute atomic E-state index is 12.2. The highest BCUT2D eigenvalue weighted by atomic mass is 32.2. The summed E-state index contributed by atoms with van der Waals surface area (Å²) in [5.74, 6) is 5.98. The van der Waals surface area contributed by atoms with Crippen molar-refractivity contribution in [3.05, 3.63) is 41.5 Å². The highest BCUT2D eigenvalue weighted by Crippen LogP contribution is 2.66. The van der Waals surface area contributed by atoms with E-state index in [9.17, 15) is 9.90 Å². The molecule has 3 heteroatoms. The van der Waals surface area contributed by atoms with Crippen molar-refractivity contribution < 1.29 is 9.90 Å². The largest absolute Gasteiger partial charge is 0.393 e. The van der Waals surface area contributed by atoms with Crippen LogP contribution in [0.15, 0.2) is 40.8 Å². The highest BCUT2D eigenvalue weighted by Gasteiger charge is 2.61. The number of thioether (sulfide) groups is 1. The number of benzene rings is 1. The van der Waals surface area contributed by atoms with Gasteiger partial charge in [-0.05, 0) is 109 Å². The van der Waals surface area contributed by atoms with Crippen LogP contribution in [0.3, 0.4) is 0 Å². The lowest BCUT2D eigenvalue weighted by atomic mass is 9.44. The molecule has 3 saturated carbocycles. The molecule has 31 heavy (non-hydrogen) atoms. The standard InChI is InChI=1S/C28H34O2S/c1-18-4-7-22(8-5-18)31-15-13-19-17-28(3)24(10-11-25(28)30)23-9-6-20-16-21(29)12-14-27(20,2)26(19)23/h4-5,7-8,16,19,23-26,30H,6,9-12,14,17H2,1-3H3. The summed E-state index contributed by atoms with van der Waals surface area (Å²) in [6, 6.07) is 8.57. The SMILES string of the molecule is Cc1ccc(SC#CC2CC3(C)C(O)CCC3C3CCC4=CC(=O)CCC4(C)C23)cc1. The van der Waals surface area contributed by atoms with Crippen LogP contribution in [0, 0.1) is 52.6 Å². The van der Waals surface area contributed by atoms with Gasteiger partial charge in [0.15, 0.2) is 5.78 Å². The predicted molar refractivity (Wildman–Crippen MR) is 126 cm³/mol. The third kappa shape index (κ3) is 3.51. The summed E-state index contributed by atoms with van der Waals surface area (Å²) in [5, 5.41) is 14.4. The van der Waals surface area contributed by atoms with Gasteiger partial charge < -0.3 is 5.11 Å². The fraction of sp³-hybridized carbons (Fsp3) is 0.607. The average molecular weight is 435 g/mol. The first-order valence-electron chi connectivity index (χ1n) is 12.0. The van der Waals surface area contributed by atoms with Gasteiger partial charge in [0.05, 0.1) is 6.10 Å². The smallest absolute Gasteiger partial charge is 0.155 e.